The monoisotopic (exact) mass is 586 g/mol. The van der Waals surface area contributed by atoms with Crippen LogP contribution in [0.4, 0.5) is 4.79 Å². The fourth-order valence-corrected chi connectivity index (χ4v) is 5.67. The summed E-state index contributed by atoms with van der Waals surface area (Å²) in [6.45, 7) is -0.0269. The average molecular weight is 587 g/mol. The van der Waals surface area contributed by atoms with Gasteiger partial charge in [-0.25, -0.2) is 21.6 Å². The van der Waals surface area contributed by atoms with E-state index in [1.165, 1.54) is 6.08 Å². The molecule has 38 heavy (non-hydrogen) atoms. The van der Waals surface area contributed by atoms with Gasteiger partial charge in [-0.15, -0.1) is 0 Å². The normalized spacial score (nSPS) is 18.9. The van der Waals surface area contributed by atoms with Gasteiger partial charge < -0.3 is 9.47 Å². The molecule has 0 saturated heterocycles. The average Bonchev–Trinajstić information content (AvgIpc) is 3.15. The lowest BCUT2D eigenvalue weighted by atomic mass is 9.98. The summed E-state index contributed by atoms with van der Waals surface area (Å²) in [5.74, 6) is -0.206. The number of allylic oxidation sites excluding steroid dienone is 1. The summed E-state index contributed by atoms with van der Waals surface area (Å²) in [5, 5.41) is 0. The van der Waals surface area contributed by atoms with Crippen LogP contribution in [-0.2, 0) is 43.7 Å². The van der Waals surface area contributed by atoms with Crippen molar-refractivity contribution >= 4 is 36.2 Å². The van der Waals surface area contributed by atoms with Crippen molar-refractivity contribution in [1.82, 2.24) is 0 Å². The smallest absolute Gasteiger partial charge is 0.433 e. The highest BCUT2D eigenvalue weighted by molar-refractivity contribution is 7.94. The highest BCUT2D eigenvalue weighted by Crippen LogP contribution is 2.44. The molecule has 0 bridgehead atoms. The Bertz CT molecular complexity index is 1560. The van der Waals surface area contributed by atoms with E-state index in [9.17, 15) is 30.0 Å². The van der Waals surface area contributed by atoms with Gasteiger partial charge >= 0.3 is 16.6 Å². The Kier molecular flexibility index (Phi) is 8.53. The van der Waals surface area contributed by atoms with Gasteiger partial charge in [-0.1, -0.05) is 54.6 Å². The summed E-state index contributed by atoms with van der Waals surface area (Å²) in [6, 6.07) is 15.6. The Balaban J connectivity index is 0.000000599. The minimum Gasteiger partial charge on any atom is -0.433 e. The molecular formula is C24H26O11S3. The highest BCUT2D eigenvalue weighted by Gasteiger charge is 2.44. The quantitative estimate of drug-likeness (QED) is 0.390. The molecule has 2 aromatic rings. The van der Waals surface area contributed by atoms with Gasteiger partial charge in [0.15, 0.2) is 19.7 Å². The highest BCUT2D eigenvalue weighted by atomic mass is 32.3. The Labute approximate surface area is 221 Å². The van der Waals surface area contributed by atoms with Gasteiger partial charge in [0, 0.05) is 24.9 Å². The van der Waals surface area contributed by atoms with Gasteiger partial charge in [0.2, 0.25) is 4.93 Å². The molecule has 2 aliphatic rings. The molecule has 14 heteroatoms. The Morgan fingerprint density at radius 3 is 1.84 bits per heavy atom. The molecule has 1 atom stereocenters. The number of fused-ring (bicyclic) bond motifs is 3. The number of hydrogen-bond donors (Lipinski definition) is 1. The van der Waals surface area contributed by atoms with Crippen LogP contribution in [0.1, 0.15) is 23.5 Å². The van der Waals surface area contributed by atoms with Crippen LogP contribution < -0.4 is 0 Å². The van der Waals surface area contributed by atoms with Gasteiger partial charge in [-0.2, -0.15) is 8.42 Å². The minimum atomic E-state index is -4.16. The van der Waals surface area contributed by atoms with Crippen molar-refractivity contribution in [2.75, 3.05) is 26.2 Å². The minimum absolute atomic E-state index is 0.0269. The number of carbonyl (C=O) groups excluding carboxylic acids is 1. The number of ether oxygens (including phenoxy) is 2. The van der Waals surface area contributed by atoms with Crippen molar-refractivity contribution in [2.45, 2.75) is 17.3 Å². The van der Waals surface area contributed by atoms with Crippen molar-refractivity contribution < 1.29 is 48.3 Å². The Hall–Kier alpha value is -3.04. The van der Waals surface area contributed by atoms with Crippen LogP contribution in [0.2, 0.25) is 0 Å². The third kappa shape index (κ3) is 6.69. The van der Waals surface area contributed by atoms with E-state index in [4.69, 9.17) is 14.0 Å². The molecule has 0 radical (unpaired) electrons. The first-order chi connectivity index (χ1) is 17.6. The van der Waals surface area contributed by atoms with E-state index in [2.05, 4.69) is 4.18 Å². The van der Waals surface area contributed by atoms with Gasteiger partial charge in [0.05, 0.1) is 12.0 Å². The standard InChI is InChI=1S/C23H22O7S2.CH4O4S/c1-31(25,26)16-11-13-23(14-12-16,32(2,27)28)30-22(24)29-15-21-19-9-5-3-7-17(19)18-8-4-6-10-20(18)21;1-5-6(2,3)4/h3-13,21H,14-15H2,1-2H3;1H3,(H,2,3,4). The fraction of sp³-hybridized carbons (Fsp3) is 0.292. The van der Waals surface area contributed by atoms with Crippen molar-refractivity contribution in [3.63, 3.8) is 0 Å². The SMILES string of the molecule is COS(=O)(=O)O.CS(=O)(=O)C1=CCC(OC(=O)OCC2c3ccccc3-c3ccccc32)(S(C)(=O)=O)C=C1. The molecule has 2 aliphatic carbocycles. The first-order valence-corrected chi connectivity index (χ1v) is 16.1. The second-order valence-electron chi connectivity index (χ2n) is 8.48. The van der Waals surface area contributed by atoms with Crippen LogP contribution in [0, 0.1) is 0 Å². The molecule has 2 aromatic carbocycles. The molecule has 0 aliphatic heterocycles. The Morgan fingerprint density at radius 2 is 1.45 bits per heavy atom. The number of benzene rings is 2. The lowest BCUT2D eigenvalue weighted by molar-refractivity contribution is 0.0217. The molecule has 0 fully saturated rings. The topological polar surface area (TPSA) is 167 Å². The van der Waals surface area contributed by atoms with Crippen molar-refractivity contribution in [3.05, 3.63) is 82.8 Å². The van der Waals surface area contributed by atoms with Crippen molar-refractivity contribution in [3.8, 4) is 11.1 Å². The summed E-state index contributed by atoms with van der Waals surface area (Å²) >= 11 is 0. The summed E-state index contributed by atoms with van der Waals surface area (Å²) in [4.78, 5) is 10.5. The van der Waals surface area contributed by atoms with Gasteiger partial charge in [-0.3, -0.25) is 8.74 Å². The molecule has 1 N–H and O–H groups in total. The van der Waals surface area contributed by atoms with Crippen LogP contribution in [-0.4, -0.2) is 67.1 Å². The summed E-state index contributed by atoms with van der Waals surface area (Å²) in [6.07, 6.45) is 3.92. The van der Waals surface area contributed by atoms with Crippen LogP contribution in [0.25, 0.3) is 11.1 Å². The van der Waals surface area contributed by atoms with E-state index in [1.54, 1.807) is 0 Å². The lowest BCUT2D eigenvalue weighted by Crippen LogP contribution is -2.42. The van der Waals surface area contributed by atoms with E-state index in [-0.39, 0.29) is 23.9 Å². The predicted molar refractivity (Wildman–Crippen MR) is 139 cm³/mol. The third-order valence-corrected chi connectivity index (χ3v) is 9.16. The van der Waals surface area contributed by atoms with E-state index in [0.29, 0.717) is 0 Å². The number of hydrogen-bond acceptors (Lipinski definition) is 10. The van der Waals surface area contributed by atoms with Crippen LogP contribution >= 0.6 is 0 Å². The maximum Gasteiger partial charge on any atom is 0.510 e. The van der Waals surface area contributed by atoms with Gasteiger partial charge in [0.25, 0.3) is 0 Å². The lowest BCUT2D eigenvalue weighted by Gasteiger charge is -2.29. The van der Waals surface area contributed by atoms with E-state index in [0.717, 1.165) is 54.0 Å². The molecule has 206 valence electrons. The number of rotatable bonds is 6. The molecule has 0 aromatic heterocycles. The zero-order chi connectivity index (χ0) is 28.4. The maximum atomic E-state index is 12.5. The predicted octanol–water partition coefficient (Wildman–Crippen LogP) is 3.02. The van der Waals surface area contributed by atoms with Crippen LogP contribution in [0.3, 0.4) is 0 Å². The molecule has 0 amide bonds. The first-order valence-electron chi connectivity index (χ1n) is 10.9. The Morgan fingerprint density at radius 1 is 0.947 bits per heavy atom. The summed E-state index contributed by atoms with van der Waals surface area (Å²) < 4.78 is 88.6. The summed E-state index contributed by atoms with van der Waals surface area (Å²) in [7, 11) is -10.7. The zero-order valence-corrected chi connectivity index (χ0v) is 23.0. The second kappa shape index (κ2) is 11.0. The molecule has 1 unspecified atom stereocenters. The number of sulfone groups is 2. The van der Waals surface area contributed by atoms with Crippen LogP contribution in [0.15, 0.2) is 71.7 Å². The fourth-order valence-electron chi connectivity index (χ4n) is 4.05. The zero-order valence-electron chi connectivity index (χ0n) is 20.6. The van der Waals surface area contributed by atoms with Crippen LogP contribution in [0.5, 0.6) is 0 Å². The van der Waals surface area contributed by atoms with E-state index < -0.39 is 41.2 Å². The summed E-state index contributed by atoms with van der Waals surface area (Å²) in [5.41, 5.74) is 4.15. The molecule has 0 heterocycles. The van der Waals surface area contributed by atoms with Gasteiger partial charge in [-0.05, 0) is 34.4 Å². The van der Waals surface area contributed by atoms with Gasteiger partial charge in [0.1, 0.15) is 6.61 Å². The maximum absolute atomic E-state index is 12.5. The number of carbonyl (C=O) groups is 1. The second-order valence-corrected chi connectivity index (χ2v) is 13.9. The molecule has 0 saturated carbocycles. The largest absolute Gasteiger partial charge is 0.510 e. The van der Waals surface area contributed by atoms with E-state index >= 15 is 0 Å². The third-order valence-electron chi connectivity index (χ3n) is 5.94. The molecule has 11 nitrogen and oxygen atoms in total. The molecular weight excluding hydrogens is 560 g/mol. The van der Waals surface area contributed by atoms with Crippen molar-refractivity contribution in [1.29, 1.82) is 0 Å². The first kappa shape index (κ1) is 29.5. The molecule has 4 rings (SSSR count). The van der Waals surface area contributed by atoms with E-state index in [1.807, 2.05) is 48.5 Å². The van der Waals surface area contributed by atoms with Crippen molar-refractivity contribution in [2.24, 2.45) is 0 Å². The molecule has 0 spiro atoms.